The molecule has 0 unspecified atom stereocenters. The van der Waals surface area contributed by atoms with Gasteiger partial charge in [-0.3, -0.25) is 4.98 Å². The summed E-state index contributed by atoms with van der Waals surface area (Å²) in [6.45, 7) is 0. The Balaban J connectivity index is 1.84. The minimum atomic E-state index is -0.269. The van der Waals surface area contributed by atoms with E-state index in [0.717, 1.165) is 16.5 Å². The molecule has 4 rings (SSSR count). The van der Waals surface area contributed by atoms with Gasteiger partial charge in [0.1, 0.15) is 16.7 Å². The third-order valence-electron chi connectivity index (χ3n) is 3.62. The highest BCUT2D eigenvalue weighted by Gasteiger charge is 2.10. The fourth-order valence-corrected chi connectivity index (χ4v) is 2.67. The van der Waals surface area contributed by atoms with E-state index in [0.29, 0.717) is 22.2 Å². The van der Waals surface area contributed by atoms with Gasteiger partial charge in [0, 0.05) is 17.8 Å². The van der Waals surface area contributed by atoms with Gasteiger partial charge in [-0.1, -0.05) is 29.8 Å². The number of hydrogen-bond donors (Lipinski definition) is 0. The maximum atomic E-state index is 13.1. The summed E-state index contributed by atoms with van der Waals surface area (Å²) in [5.41, 5.74) is 3.08. The Morgan fingerprint density at radius 1 is 0.875 bits per heavy atom. The molecule has 0 aliphatic carbocycles. The van der Waals surface area contributed by atoms with Crippen LogP contribution in [-0.4, -0.2) is 19.9 Å². The quantitative estimate of drug-likeness (QED) is 0.504. The normalized spacial score (nSPS) is 10.9. The van der Waals surface area contributed by atoms with Crippen molar-refractivity contribution < 1.29 is 4.39 Å². The fraction of sp³-hybridized carbons (Fsp3) is 0. The van der Waals surface area contributed by atoms with Gasteiger partial charge in [-0.25, -0.2) is 19.3 Å². The van der Waals surface area contributed by atoms with Crippen LogP contribution in [0.1, 0.15) is 0 Å². The molecule has 0 atom stereocenters. The van der Waals surface area contributed by atoms with Crippen molar-refractivity contribution in [3.8, 4) is 22.6 Å². The van der Waals surface area contributed by atoms with E-state index in [9.17, 15) is 4.39 Å². The molecule has 0 bridgehead atoms. The molecule has 24 heavy (non-hydrogen) atoms. The summed E-state index contributed by atoms with van der Waals surface area (Å²) in [5.74, 6) is 0.157. The van der Waals surface area contributed by atoms with Crippen LogP contribution in [0.15, 0.2) is 61.1 Å². The van der Waals surface area contributed by atoms with Crippen LogP contribution in [-0.2, 0) is 0 Å². The number of fused-ring (bicyclic) bond motifs is 1. The van der Waals surface area contributed by atoms with Crippen LogP contribution in [0, 0.1) is 5.82 Å². The van der Waals surface area contributed by atoms with Crippen molar-refractivity contribution in [3.63, 3.8) is 0 Å². The number of halogens is 2. The van der Waals surface area contributed by atoms with E-state index < -0.39 is 0 Å². The number of rotatable bonds is 2. The maximum Gasteiger partial charge on any atom is 0.181 e. The van der Waals surface area contributed by atoms with E-state index in [2.05, 4.69) is 19.9 Å². The number of nitrogens with zero attached hydrogens (tertiary/aromatic N) is 4. The summed E-state index contributed by atoms with van der Waals surface area (Å²) in [6.07, 6.45) is 4.75. The number of benzene rings is 2. The highest BCUT2D eigenvalue weighted by Crippen LogP contribution is 2.29. The first kappa shape index (κ1) is 14.7. The smallest absolute Gasteiger partial charge is 0.181 e. The Morgan fingerprint density at radius 3 is 2.42 bits per heavy atom. The highest BCUT2D eigenvalue weighted by molar-refractivity contribution is 6.34. The van der Waals surface area contributed by atoms with Crippen LogP contribution >= 0.6 is 11.6 Å². The molecule has 0 radical (unpaired) electrons. The van der Waals surface area contributed by atoms with Crippen molar-refractivity contribution in [2.75, 3.05) is 0 Å². The number of aromatic nitrogens is 4. The summed E-state index contributed by atoms with van der Waals surface area (Å²) < 4.78 is 13.1. The molecule has 116 valence electrons. The predicted octanol–water partition coefficient (Wildman–Crippen LogP) is 4.55. The largest absolute Gasteiger partial charge is 0.261 e. The van der Waals surface area contributed by atoms with Crippen LogP contribution in [0.5, 0.6) is 0 Å². The molecule has 0 fully saturated rings. The highest BCUT2D eigenvalue weighted by atomic mass is 35.5. The van der Waals surface area contributed by atoms with Gasteiger partial charge < -0.3 is 0 Å². The van der Waals surface area contributed by atoms with Crippen LogP contribution < -0.4 is 0 Å². The Hall–Kier alpha value is -2.92. The molecule has 6 heteroatoms. The van der Waals surface area contributed by atoms with Crippen LogP contribution in [0.4, 0.5) is 4.39 Å². The van der Waals surface area contributed by atoms with Gasteiger partial charge in [-0.15, -0.1) is 0 Å². The fourth-order valence-electron chi connectivity index (χ4n) is 2.44. The third-order valence-corrected chi connectivity index (χ3v) is 3.91. The van der Waals surface area contributed by atoms with Gasteiger partial charge in [0.25, 0.3) is 0 Å². The molecular formula is C18H10ClFN4. The van der Waals surface area contributed by atoms with E-state index in [1.165, 1.54) is 12.1 Å². The van der Waals surface area contributed by atoms with Crippen molar-refractivity contribution in [1.82, 2.24) is 19.9 Å². The lowest BCUT2D eigenvalue weighted by atomic mass is 10.0. The molecule has 0 saturated heterocycles. The van der Waals surface area contributed by atoms with Crippen LogP contribution in [0.25, 0.3) is 33.5 Å². The summed E-state index contributed by atoms with van der Waals surface area (Å²) in [4.78, 5) is 17.0. The molecule has 0 amide bonds. The minimum Gasteiger partial charge on any atom is -0.261 e. The van der Waals surface area contributed by atoms with E-state index in [1.807, 2.05) is 18.2 Å². The third kappa shape index (κ3) is 2.70. The molecule has 4 nitrogen and oxygen atoms in total. The lowest BCUT2D eigenvalue weighted by molar-refractivity contribution is 0.628. The zero-order valence-corrected chi connectivity index (χ0v) is 13.1. The topological polar surface area (TPSA) is 51.6 Å². The Bertz CT molecular complexity index is 1020. The first-order valence-electron chi connectivity index (χ1n) is 7.20. The van der Waals surface area contributed by atoms with Crippen molar-refractivity contribution >= 4 is 22.5 Å². The van der Waals surface area contributed by atoms with Gasteiger partial charge in [0.15, 0.2) is 5.82 Å². The van der Waals surface area contributed by atoms with E-state index in [4.69, 9.17) is 11.6 Å². The Kier molecular flexibility index (Phi) is 3.63. The summed E-state index contributed by atoms with van der Waals surface area (Å²) in [5, 5.41) is 1.07. The maximum absolute atomic E-state index is 13.1. The van der Waals surface area contributed by atoms with Crippen LogP contribution in [0.2, 0.25) is 5.15 Å². The number of hydrogen-bond acceptors (Lipinski definition) is 4. The van der Waals surface area contributed by atoms with Crippen molar-refractivity contribution in [3.05, 3.63) is 72.0 Å². The first-order valence-corrected chi connectivity index (χ1v) is 7.58. The summed E-state index contributed by atoms with van der Waals surface area (Å²) in [7, 11) is 0. The Morgan fingerprint density at radius 2 is 1.67 bits per heavy atom. The zero-order chi connectivity index (χ0) is 16.5. The molecule has 0 aliphatic rings. The molecule has 0 N–H and O–H groups in total. The molecule has 2 aromatic heterocycles. The van der Waals surface area contributed by atoms with E-state index in [-0.39, 0.29) is 5.82 Å². The minimum absolute atomic E-state index is 0.269. The second-order valence-electron chi connectivity index (χ2n) is 5.17. The van der Waals surface area contributed by atoms with Crippen molar-refractivity contribution in [1.29, 1.82) is 0 Å². The predicted molar refractivity (Wildman–Crippen MR) is 91.0 cm³/mol. The van der Waals surface area contributed by atoms with Gasteiger partial charge in [0.05, 0.1) is 11.7 Å². The Labute approximate surface area is 142 Å². The SMILES string of the molecule is Fc1ccc(-c2ccc3nc(-c4cnccn4)nc(Cl)c3c2)cc1. The molecule has 2 heterocycles. The zero-order valence-electron chi connectivity index (χ0n) is 12.3. The van der Waals surface area contributed by atoms with Gasteiger partial charge in [-0.2, -0.15) is 0 Å². The lowest BCUT2D eigenvalue weighted by Crippen LogP contribution is -1.94. The van der Waals surface area contributed by atoms with E-state index >= 15 is 0 Å². The van der Waals surface area contributed by atoms with E-state index in [1.54, 1.807) is 30.7 Å². The summed E-state index contributed by atoms with van der Waals surface area (Å²) >= 11 is 6.34. The standard InChI is InChI=1S/C18H10ClFN4/c19-17-14-9-12(11-1-4-13(20)5-2-11)3-6-15(14)23-18(24-17)16-10-21-7-8-22-16/h1-10H. The van der Waals surface area contributed by atoms with Gasteiger partial charge in [0.2, 0.25) is 0 Å². The van der Waals surface area contributed by atoms with Gasteiger partial charge >= 0.3 is 0 Å². The monoisotopic (exact) mass is 336 g/mol. The lowest BCUT2D eigenvalue weighted by Gasteiger charge is -2.07. The molecular weight excluding hydrogens is 327 g/mol. The molecule has 0 aliphatic heterocycles. The van der Waals surface area contributed by atoms with Crippen LogP contribution in [0.3, 0.4) is 0 Å². The molecule has 4 aromatic rings. The second kappa shape index (κ2) is 5.94. The molecule has 0 spiro atoms. The van der Waals surface area contributed by atoms with Gasteiger partial charge in [-0.05, 0) is 35.4 Å². The average molecular weight is 337 g/mol. The van der Waals surface area contributed by atoms with Crippen molar-refractivity contribution in [2.45, 2.75) is 0 Å². The average Bonchev–Trinajstić information content (AvgIpc) is 2.63. The van der Waals surface area contributed by atoms with Crippen molar-refractivity contribution in [2.24, 2.45) is 0 Å². The summed E-state index contributed by atoms with van der Waals surface area (Å²) in [6, 6.07) is 12.0. The second-order valence-corrected chi connectivity index (χ2v) is 5.53. The molecule has 0 saturated carbocycles. The first-order chi connectivity index (χ1) is 11.7. The molecule has 2 aromatic carbocycles.